The smallest absolute Gasteiger partial charge is 0.303 e. The van der Waals surface area contributed by atoms with Crippen LogP contribution in [0, 0.1) is 12.3 Å². The lowest BCUT2D eigenvalue weighted by atomic mass is 9.97. The first-order valence-corrected chi connectivity index (χ1v) is 7.37. The van der Waals surface area contributed by atoms with Crippen LogP contribution in [0.5, 0.6) is 11.5 Å². The molecular weight excluding hydrogens is 270 g/mol. The first-order valence-electron chi connectivity index (χ1n) is 7.37. The second-order valence-electron chi connectivity index (χ2n) is 6.27. The third kappa shape index (κ3) is 2.97. The van der Waals surface area contributed by atoms with Gasteiger partial charge in [-0.25, -0.2) is 0 Å². The Hall–Kier alpha value is -1.75. The van der Waals surface area contributed by atoms with Crippen LogP contribution >= 0.6 is 0 Å². The minimum atomic E-state index is -0.826. The Balaban J connectivity index is 1.80. The second-order valence-corrected chi connectivity index (χ2v) is 6.27. The third-order valence-electron chi connectivity index (χ3n) is 4.43. The van der Waals surface area contributed by atoms with E-state index in [1.165, 1.54) is 0 Å². The molecule has 0 bridgehead atoms. The zero-order valence-corrected chi connectivity index (χ0v) is 12.2. The summed E-state index contributed by atoms with van der Waals surface area (Å²) in [5.74, 6) is 0.670. The highest BCUT2D eigenvalue weighted by molar-refractivity contribution is 5.66. The molecule has 2 aliphatic rings. The van der Waals surface area contributed by atoms with Crippen molar-refractivity contribution in [3.05, 3.63) is 23.3 Å². The van der Waals surface area contributed by atoms with Crippen molar-refractivity contribution in [2.75, 3.05) is 13.2 Å². The maximum Gasteiger partial charge on any atom is 0.303 e. The molecule has 3 rings (SSSR count). The molecule has 1 aromatic rings. The van der Waals surface area contributed by atoms with Crippen molar-refractivity contribution in [2.45, 2.75) is 38.6 Å². The summed E-state index contributed by atoms with van der Waals surface area (Å²) in [7, 11) is 0. The number of benzene rings is 1. The number of fused-ring (bicyclic) bond motifs is 1. The topological polar surface area (TPSA) is 81.8 Å². The van der Waals surface area contributed by atoms with E-state index in [0.29, 0.717) is 19.6 Å². The van der Waals surface area contributed by atoms with E-state index in [1.54, 1.807) is 0 Å². The molecule has 114 valence electrons. The van der Waals surface area contributed by atoms with Crippen LogP contribution in [0.25, 0.3) is 0 Å². The van der Waals surface area contributed by atoms with Gasteiger partial charge in [0.1, 0.15) is 0 Å². The number of rotatable bonds is 4. The molecule has 5 heteroatoms. The van der Waals surface area contributed by atoms with E-state index < -0.39 is 5.97 Å². The van der Waals surface area contributed by atoms with Gasteiger partial charge in [-0.15, -0.1) is 0 Å². The van der Waals surface area contributed by atoms with Crippen LogP contribution < -0.4 is 15.2 Å². The SMILES string of the molecule is Cc1cc2c(cc1C(N)CCC(=O)O)OCC1(CC1)CO2. The highest BCUT2D eigenvalue weighted by atomic mass is 16.5. The number of ether oxygens (including phenoxy) is 2. The molecule has 1 heterocycles. The molecule has 1 fully saturated rings. The molecule has 21 heavy (non-hydrogen) atoms. The standard InChI is InChI=1S/C16H21NO4/c1-10-6-13-14(21-9-16(4-5-16)8-20-13)7-11(10)12(17)2-3-15(18)19/h6-7,12H,2-5,8-9,17H2,1H3,(H,18,19). The molecule has 0 amide bonds. The van der Waals surface area contributed by atoms with Crippen molar-refractivity contribution in [2.24, 2.45) is 11.1 Å². The lowest BCUT2D eigenvalue weighted by Crippen LogP contribution is -2.17. The van der Waals surface area contributed by atoms with Crippen molar-refractivity contribution in [1.82, 2.24) is 0 Å². The minimum Gasteiger partial charge on any atom is -0.489 e. The number of hydrogen-bond acceptors (Lipinski definition) is 4. The lowest BCUT2D eigenvalue weighted by molar-refractivity contribution is -0.137. The number of carbonyl (C=O) groups is 1. The van der Waals surface area contributed by atoms with Gasteiger partial charge in [0, 0.05) is 17.9 Å². The van der Waals surface area contributed by atoms with Gasteiger partial charge in [-0.3, -0.25) is 4.79 Å². The average Bonchev–Trinajstić information content (AvgIpc) is 3.23. The van der Waals surface area contributed by atoms with Gasteiger partial charge in [-0.1, -0.05) is 0 Å². The Morgan fingerprint density at radius 2 is 1.95 bits per heavy atom. The van der Waals surface area contributed by atoms with Gasteiger partial charge in [0.2, 0.25) is 0 Å². The molecule has 1 aromatic carbocycles. The minimum absolute atomic E-state index is 0.0676. The summed E-state index contributed by atoms with van der Waals surface area (Å²) in [6.07, 6.45) is 2.80. The summed E-state index contributed by atoms with van der Waals surface area (Å²) in [6.45, 7) is 3.37. The van der Waals surface area contributed by atoms with Gasteiger partial charge in [0.15, 0.2) is 11.5 Å². The molecule has 3 N–H and O–H groups in total. The number of aryl methyl sites for hydroxylation is 1. The van der Waals surface area contributed by atoms with E-state index >= 15 is 0 Å². The average molecular weight is 291 g/mol. The quantitative estimate of drug-likeness (QED) is 0.890. The summed E-state index contributed by atoms with van der Waals surface area (Å²) < 4.78 is 11.8. The van der Waals surface area contributed by atoms with Crippen molar-refractivity contribution in [3.8, 4) is 11.5 Å². The second kappa shape index (κ2) is 5.22. The highest BCUT2D eigenvalue weighted by Crippen LogP contribution is 2.49. The molecule has 0 aromatic heterocycles. The van der Waals surface area contributed by atoms with Crippen molar-refractivity contribution in [3.63, 3.8) is 0 Å². The molecule has 1 atom stereocenters. The van der Waals surface area contributed by atoms with E-state index in [9.17, 15) is 4.79 Å². The fourth-order valence-electron chi connectivity index (χ4n) is 2.71. The van der Waals surface area contributed by atoms with Gasteiger partial charge < -0.3 is 20.3 Å². The van der Waals surface area contributed by atoms with Gasteiger partial charge in [0.25, 0.3) is 0 Å². The Morgan fingerprint density at radius 3 is 2.52 bits per heavy atom. The molecule has 1 aliphatic carbocycles. The molecule has 1 spiro atoms. The zero-order chi connectivity index (χ0) is 15.0. The van der Waals surface area contributed by atoms with Crippen LogP contribution in [-0.2, 0) is 4.79 Å². The van der Waals surface area contributed by atoms with Crippen LogP contribution in [0.15, 0.2) is 12.1 Å². The van der Waals surface area contributed by atoms with Crippen LogP contribution in [0.2, 0.25) is 0 Å². The number of nitrogens with two attached hydrogens (primary N) is 1. The predicted octanol–water partition coefficient (Wildman–Crippen LogP) is 2.41. The van der Waals surface area contributed by atoms with Gasteiger partial charge in [0.05, 0.1) is 13.2 Å². The van der Waals surface area contributed by atoms with Gasteiger partial charge in [-0.05, 0) is 49.4 Å². The van der Waals surface area contributed by atoms with Crippen LogP contribution in [0.4, 0.5) is 0 Å². The Morgan fingerprint density at radius 1 is 1.33 bits per heavy atom. The van der Waals surface area contributed by atoms with Gasteiger partial charge >= 0.3 is 5.97 Å². The zero-order valence-electron chi connectivity index (χ0n) is 12.2. The van der Waals surface area contributed by atoms with Crippen molar-refractivity contribution in [1.29, 1.82) is 0 Å². The molecule has 1 aliphatic heterocycles. The maximum absolute atomic E-state index is 10.7. The highest BCUT2D eigenvalue weighted by Gasteiger charge is 2.46. The number of carboxylic acids is 1. The van der Waals surface area contributed by atoms with Crippen LogP contribution in [0.3, 0.4) is 0 Å². The summed E-state index contributed by atoms with van der Waals surface area (Å²) in [5.41, 5.74) is 8.28. The molecule has 1 unspecified atom stereocenters. The summed E-state index contributed by atoms with van der Waals surface area (Å²) >= 11 is 0. The van der Waals surface area contributed by atoms with E-state index in [2.05, 4.69) is 0 Å². The van der Waals surface area contributed by atoms with Crippen molar-refractivity contribution < 1.29 is 19.4 Å². The lowest BCUT2D eigenvalue weighted by Gasteiger charge is -2.17. The van der Waals surface area contributed by atoms with E-state index in [0.717, 1.165) is 35.5 Å². The summed E-state index contributed by atoms with van der Waals surface area (Å²) in [4.78, 5) is 10.7. The third-order valence-corrected chi connectivity index (χ3v) is 4.43. The number of aliphatic carboxylic acids is 1. The fraction of sp³-hybridized carbons (Fsp3) is 0.562. The largest absolute Gasteiger partial charge is 0.489 e. The van der Waals surface area contributed by atoms with E-state index in [4.69, 9.17) is 20.3 Å². The Labute approximate surface area is 124 Å². The fourth-order valence-corrected chi connectivity index (χ4v) is 2.71. The molecular formula is C16H21NO4. The van der Waals surface area contributed by atoms with Crippen molar-refractivity contribution >= 4 is 5.97 Å². The van der Waals surface area contributed by atoms with E-state index in [-0.39, 0.29) is 17.9 Å². The monoisotopic (exact) mass is 291 g/mol. The first-order chi connectivity index (χ1) is 9.99. The Kier molecular flexibility index (Phi) is 3.53. The summed E-state index contributed by atoms with van der Waals surface area (Å²) in [6, 6.07) is 3.57. The molecule has 1 saturated carbocycles. The number of hydrogen-bond donors (Lipinski definition) is 2. The van der Waals surface area contributed by atoms with Crippen LogP contribution in [0.1, 0.15) is 42.9 Å². The van der Waals surface area contributed by atoms with Gasteiger partial charge in [-0.2, -0.15) is 0 Å². The molecule has 0 saturated heterocycles. The molecule has 5 nitrogen and oxygen atoms in total. The van der Waals surface area contributed by atoms with Crippen LogP contribution in [-0.4, -0.2) is 24.3 Å². The van der Waals surface area contributed by atoms with E-state index in [1.807, 2.05) is 19.1 Å². The molecule has 0 radical (unpaired) electrons. The predicted molar refractivity (Wildman–Crippen MR) is 77.6 cm³/mol. The maximum atomic E-state index is 10.7. The normalized spacial score (nSPS) is 19.9. The Bertz CT molecular complexity index is 566. The first kappa shape index (κ1) is 14.2. The number of carboxylic acid groups (broad SMARTS) is 1. The summed E-state index contributed by atoms with van der Waals surface area (Å²) in [5, 5.41) is 8.77.